The number of benzene rings is 1. The fourth-order valence-corrected chi connectivity index (χ4v) is 4.18. The molecule has 3 N–H and O–H groups in total. The number of halogens is 1. The molecule has 21 heavy (non-hydrogen) atoms. The van der Waals surface area contributed by atoms with Crippen LogP contribution in [0.2, 0.25) is 4.34 Å². The van der Waals surface area contributed by atoms with Crippen LogP contribution in [0.1, 0.15) is 22.9 Å². The first-order valence-corrected chi connectivity index (χ1v) is 9.19. The highest BCUT2D eigenvalue weighted by molar-refractivity contribution is 7.89. The van der Waals surface area contributed by atoms with Crippen LogP contribution < -0.4 is 10.5 Å². The van der Waals surface area contributed by atoms with Crippen LogP contribution >= 0.6 is 22.9 Å². The van der Waals surface area contributed by atoms with Crippen molar-refractivity contribution in [1.82, 2.24) is 4.72 Å². The zero-order valence-corrected chi connectivity index (χ0v) is 14.0. The minimum atomic E-state index is -3.55. The van der Waals surface area contributed by atoms with Crippen LogP contribution in [0, 0.1) is 0 Å². The SMILES string of the molecule is CCc1ccc(S(=O)(=O)NCc2ccc(Cl)s2)cc1CN. The molecule has 0 saturated carbocycles. The van der Waals surface area contributed by atoms with Gasteiger partial charge in [-0.05, 0) is 41.8 Å². The van der Waals surface area contributed by atoms with E-state index >= 15 is 0 Å². The summed E-state index contributed by atoms with van der Waals surface area (Å²) >= 11 is 7.18. The molecule has 0 aliphatic rings. The van der Waals surface area contributed by atoms with Gasteiger partial charge >= 0.3 is 0 Å². The Morgan fingerprint density at radius 2 is 2.00 bits per heavy atom. The molecule has 0 amide bonds. The largest absolute Gasteiger partial charge is 0.326 e. The minimum absolute atomic E-state index is 0.229. The summed E-state index contributed by atoms with van der Waals surface area (Å²) in [6.07, 6.45) is 0.827. The molecule has 0 aliphatic carbocycles. The molecule has 0 bridgehead atoms. The number of nitrogens with two attached hydrogens (primary N) is 1. The van der Waals surface area contributed by atoms with E-state index in [1.54, 1.807) is 24.3 Å². The van der Waals surface area contributed by atoms with Crippen molar-refractivity contribution in [2.24, 2.45) is 5.73 Å². The van der Waals surface area contributed by atoms with Crippen molar-refractivity contribution in [3.63, 3.8) is 0 Å². The minimum Gasteiger partial charge on any atom is -0.326 e. The number of nitrogens with one attached hydrogen (secondary N) is 1. The van der Waals surface area contributed by atoms with Crippen LogP contribution in [0.3, 0.4) is 0 Å². The Hall–Kier alpha value is -0.920. The van der Waals surface area contributed by atoms with Gasteiger partial charge in [-0.3, -0.25) is 0 Å². The molecule has 0 radical (unpaired) electrons. The molecule has 0 aliphatic heterocycles. The third-order valence-corrected chi connectivity index (χ3v) is 5.78. The van der Waals surface area contributed by atoms with Crippen molar-refractivity contribution in [3.05, 3.63) is 50.7 Å². The molecule has 0 atom stereocenters. The van der Waals surface area contributed by atoms with Gasteiger partial charge in [-0.1, -0.05) is 24.6 Å². The van der Waals surface area contributed by atoms with Crippen LogP contribution in [0.25, 0.3) is 0 Å². The Bertz CT molecular complexity index is 726. The lowest BCUT2D eigenvalue weighted by Crippen LogP contribution is -2.23. The van der Waals surface area contributed by atoms with E-state index in [1.165, 1.54) is 11.3 Å². The molecule has 0 saturated heterocycles. The number of aryl methyl sites for hydroxylation is 1. The summed E-state index contributed by atoms with van der Waals surface area (Å²) in [5, 5.41) is 0. The molecule has 0 unspecified atom stereocenters. The maximum atomic E-state index is 12.3. The second-order valence-corrected chi connectivity index (χ2v) is 8.09. The second kappa shape index (κ2) is 6.89. The quantitative estimate of drug-likeness (QED) is 0.846. The summed E-state index contributed by atoms with van der Waals surface area (Å²) in [6.45, 7) is 2.57. The second-order valence-electron chi connectivity index (χ2n) is 4.52. The molecule has 7 heteroatoms. The van der Waals surface area contributed by atoms with Gasteiger partial charge in [0.05, 0.1) is 9.23 Å². The highest BCUT2D eigenvalue weighted by Gasteiger charge is 2.15. The molecular weight excluding hydrogens is 328 g/mol. The van der Waals surface area contributed by atoms with Crippen LogP contribution in [0.4, 0.5) is 0 Å². The van der Waals surface area contributed by atoms with Crippen molar-refractivity contribution < 1.29 is 8.42 Å². The van der Waals surface area contributed by atoms with Gasteiger partial charge in [0, 0.05) is 18.0 Å². The van der Waals surface area contributed by atoms with Crippen molar-refractivity contribution in [1.29, 1.82) is 0 Å². The third-order valence-electron chi connectivity index (χ3n) is 3.15. The number of thiophene rings is 1. The first kappa shape index (κ1) is 16.5. The van der Waals surface area contributed by atoms with Gasteiger partial charge in [-0.2, -0.15) is 0 Å². The summed E-state index contributed by atoms with van der Waals surface area (Å²) in [4.78, 5) is 1.11. The van der Waals surface area contributed by atoms with Crippen molar-refractivity contribution >= 4 is 33.0 Å². The van der Waals surface area contributed by atoms with E-state index in [1.807, 2.05) is 13.0 Å². The number of hydrogen-bond acceptors (Lipinski definition) is 4. The first-order valence-electron chi connectivity index (χ1n) is 6.52. The smallest absolute Gasteiger partial charge is 0.240 e. The number of hydrogen-bond donors (Lipinski definition) is 2. The first-order chi connectivity index (χ1) is 9.96. The van der Waals surface area contributed by atoms with Crippen molar-refractivity contribution in [2.45, 2.75) is 31.3 Å². The fraction of sp³-hybridized carbons (Fsp3) is 0.286. The van der Waals surface area contributed by atoms with Crippen LogP contribution in [0.5, 0.6) is 0 Å². The van der Waals surface area contributed by atoms with E-state index in [2.05, 4.69) is 4.72 Å². The van der Waals surface area contributed by atoms with Gasteiger partial charge < -0.3 is 5.73 Å². The Balaban J connectivity index is 2.19. The average molecular weight is 345 g/mol. The molecule has 0 fully saturated rings. The Morgan fingerprint density at radius 1 is 1.24 bits per heavy atom. The van der Waals surface area contributed by atoms with Gasteiger partial charge in [0.1, 0.15) is 0 Å². The lowest BCUT2D eigenvalue weighted by atomic mass is 10.1. The normalized spacial score (nSPS) is 11.8. The number of sulfonamides is 1. The van der Waals surface area contributed by atoms with Gasteiger partial charge in [0.2, 0.25) is 10.0 Å². The molecular formula is C14H17ClN2O2S2. The van der Waals surface area contributed by atoms with Gasteiger partial charge in [0.15, 0.2) is 0 Å². The molecule has 1 aromatic carbocycles. The lowest BCUT2D eigenvalue weighted by Gasteiger charge is -2.10. The molecule has 0 spiro atoms. The van der Waals surface area contributed by atoms with E-state index in [0.717, 1.165) is 22.4 Å². The predicted octanol–water partition coefficient (Wildman–Crippen LogP) is 2.90. The summed E-state index contributed by atoms with van der Waals surface area (Å²) in [5.74, 6) is 0. The predicted molar refractivity (Wildman–Crippen MR) is 87.1 cm³/mol. The zero-order valence-electron chi connectivity index (χ0n) is 11.6. The number of rotatable bonds is 6. The van der Waals surface area contributed by atoms with Crippen LogP contribution in [-0.2, 0) is 29.5 Å². The highest BCUT2D eigenvalue weighted by atomic mass is 35.5. The lowest BCUT2D eigenvalue weighted by molar-refractivity contribution is 0.581. The van der Waals surface area contributed by atoms with Crippen LogP contribution in [0.15, 0.2) is 35.2 Å². The molecule has 1 heterocycles. The monoisotopic (exact) mass is 344 g/mol. The average Bonchev–Trinajstić information content (AvgIpc) is 2.90. The van der Waals surface area contributed by atoms with Gasteiger partial charge in [-0.15, -0.1) is 11.3 Å². The Labute approximate surface area is 134 Å². The zero-order chi connectivity index (χ0) is 15.5. The Morgan fingerprint density at radius 3 is 2.57 bits per heavy atom. The molecule has 114 valence electrons. The van der Waals surface area contributed by atoms with Crippen molar-refractivity contribution in [2.75, 3.05) is 0 Å². The maximum Gasteiger partial charge on any atom is 0.240 e. The van der Waals surface area contributed by atoms with Gasteiger partial charge in [0.25, 0.3) is 0 Å². The summed E-state index contributed by atoms with van der Waals surface area (Å²) in [5.41, 5.74) is 7.61. The molecule has 1 aromatic heterocycles. The standard InChI is InChI=1S/C14H17ClN2O2S2/c1-2-10-3-5-13(7-11(10)8-16)21(18,19)17-9-12-4-6-14(15)20-12/h3-7,17H,2,8-9,16H2,1H3. The van der Waals surface area contributed by atoms with E-state index < -0.39 is 10.0 Å². The molecule has 2 rings (SSSR count). The molecule has 4 nitrogen and oxygen atoms in total. The van der Waals surface area contributed by atoms with E-state index in [9.17, 15) is 8.42 Å². The highest BCUT2D eigenvalue weighted by Crippen LogP contribution is 2.22. The molecule has 2 aromatic rings. The fourth-order valence-electron chi connectivity index (χ4n) is 2.00. The topological polar surface area (TPSA) is 72.2 Å². The summed E-state index contributed by atoms with van der Waals surface area (Å²) in [7, 11) is -3.55. The van der Waals surface area contributed by atoms with Crippen LogP contribution in [-0.4, -0.2) is 8.42 Å². The van der Waals surface area contributed by atoms with E-state index in [-0.39, 0.29) is 11.4 Å². The third kappa shape index (κ3) is 4.05. The van der Waals surface area contributed by atoms with Crippen molar-refractivity contribution in [3.8, 4) is 0 Å². The maximum absolute atomic E-state index is 12.3. The summed E-state index contributed by atoms with van der Waals surface area (Å²) in [6, 6.07) is 8.63. The Kier molecular flexibility index (Phi) is 5.40. The van der Waals surface area contributed by atoms with E-state index in [0.29, 0.717) is 10.9 Å². The van der Waals surface area contributed by atoms with E-state index in [4.69, 9.17) is 17.3 Å². The summed E-state index contributed by atoms with van der Waals surface area (Å²) < 4.78 is 27.8. The van der Waals surface area contributed by atoms with Gasteiger partial charge in [-0.25, -0.2) is 13.1 Å².